The third-order valence-corrected chi connectivity index (χ3v) is 4.72. The maximum absolute atomic E-state index is 12.1. The minimum Gasteiger partial charge on any atom is -0.406 e. The van der Waals surface area contributed by atoms with Crippen LogP contribution in [0.15, 0.2) is 29.3 Å². The summed E-state index contributed by atoms with van der Waals surface area (Å²) in [6.07, 6.45) is 1.61. The van der Waals surface area contributed by atoms with E-state index < -0.39 is 6.36 Å². The first-order valence-electron chi connectivity index (χ1n) is 7.79. The highest BCUT2D eigenvalue weighted by Gasteiger charge is 2.48. The molecular weight excluding hydrogens is 434 g/mol. The Hall–Kier alpha value is -1.19. The van der Waals surface area contributed by atoms with Crippen molar-refractivity contribution in [2.24, 2.45) is 22.1 Å². The Labute approximate surface area is 156 Å². The van der Waals surface area contributed by atoms with Gasteiger partial charge < -0.3 is 15.8 Å². The van der Waals surface area contributed by atoms with Crippen LogP contribution in [0.2, 0.25) is 0 Å². The molecule has 1 aromatic carbocycles. The lowest BCUT2D eigenvalue weighted by Crippen LogP contribution is -2.36. The molecule has 2 saturated carbocycles. The Balaban J connectivity index is 0.00000208. The summed E-state index contributed by atoms with van der Waals surface area (Å²) in [5.41, 5.74) is 6.80. The Morgan fingerprint density at radius 3 is 2.33 bits per heavy atom. The lowest BCUT2D eigenvalue weighted by Gasteiger charge is -2.41. The number of nitrogens with zero attached hydrogens (tertiary/aromatic N) is 1. The van der Waals surface area contributed by atoms with Crippen LogP contribution in [-0.4, -0.2) is 18.9 Å². The molecule has 0 amide bonds. The molecule has 2 fully saturated rings. The molecular formula is C16H21F3IN3O. The molecule has 0 radical (unpaired) electrons. The van der Waals surface area contributed by atoms with Gasteiger partial charge in [-0.25, -0.2) is 0 Å². The molecule has 0 unspecified atom stereocenters. The van der Waals surface area contributed by atoms with Crippen molar-refractivity contribution in [3.63, 3.8) is 0 Å². The van der Waals surface area contributed by atoms with Crippen LogP contribution in [0.4, 0.5) is 18.9 Å². The van der Waals surface area contributed by atoms with Gasteiger partial charge >= 0.3 is 6.36 Å². The molecule has 134 valence electrons. The van der Waals surface area contributed by atoms with Crippen molar-refractivity contribution >= 4 is 35.6 Å². The fourth-order valence-corrected chi connectivity index (χ4v) is 3.19. The standard InChI is InChI=1S/C16H20F3N3O.HI/c17-16(18,19)23-13-6-4-12(5-7-13)22-14(20)21-10-15(8-1-9-15)11-2-3-11;/h4-7,11H,1-3,8-10H2,(H3,20,21,22);1H. The fraction of sp³-hybridized carbons (Fsp3) is 0.562. The van der Waals surface area contributed by atoms with Crippen LogP contribution in [0.3, 0.4) is 0 Å². The Kier molecular flexibility index (Phi) is 5.87. The third kappa shape index (κ3) is 4.90. The molecule has 3 rings (SSSR count). The second kappa shape index (κ2) is 7.37. The summed E-state index contributed by atoms with van der Waals surface area (Å²) in [6.45, 7) is 0.728. The maximum Gasteiger partial charge on any atom is 0.573 e. The summed E-state index contributed by atoms with van der Waals surface area (Å²) < 4.78 is 40.1. The number of benzene rings is 1. The predicted molar refractivity (Wildman–Crippen MR) is 97.7 cm³/mol. The van der Waals surface area contributed by atoms with Gasteiger partial charge in [-0.2, -0.15) is 0 Å². The van der Waals surface area contributed by atoms with Gasteiger partial charge in [0.1, 0.15) is 5.75 Å². The zero-order valence-corrected chi connectivity index (χ0v) is 15.4. The van der Waals surface area contributed by atoms with Crippen molar-refractivity contribution < 1.29 is 17.9 Å². The van der Waals surface area contributed by atoms with E-state index in [2.05, 4.69) is 15.0 Å². The van der Waals surface area contributed by atoms with E-state index in [0.717, 1.165) is 12.5 Å². The number of aliphatic imine (C=N–C) groups is 1. The van der Waals surface area contributed by atoms with Gasteiger partial charge in [-0.1, -0.05) is 6.42 Å². The fourth-order valence-electron chi connectivity index (χ4n) is 3.19. The molecule has 0 atom stereocenters. The van der Waals surface area contributed by atoms with Gasteiger partial charge in [0.2, 0.25) is 0 Å². The molecule has 1 aromatic rings. The van der Waals surface area contributed by atoms with Crippen molar-refractivity contribution in [3.8, 4) is 5.75 Å². The van der Waals surface area contributed by atoms with Crippen LogP contribution in [0.25, 0.3) is 0 Å². The largest absolute Gasteiger partial charge is 0.573 e. The van der Waals surface area contributed by atoms with Crippen LogP contribution in [-0.2, 0) is 0 Å². The van der Waals surface area contributed by atoms with E-state index in [9.17, 15) is 13.2 Å². The zero-order valence-electron chi connectivity index (χ0n) is 13.1. The molecule has 0 heterocycles. The van der Waals surface area contributed by atoms with Gasteiger partial charge in [0.25, 0.3) is 0 Å². The van der Waals surface area contributed by atoms with Crippen LogP contribution in [0, 0.1) is 11.3 Å². The van der Waals surface area contributed by atoms with Gasteiger partial charge in [-0.05, 0) is 61.3 Å². The maximum atomic E-state index is 12.1. The highest BCUT2D eigenvalue weighted by Crippen LogP contribution is 2.57. The van der Waals surface area contributed by atoms with Gasteiger partial charge in [-0.15, -0.1) is 37.1 Å². The summed E-state index contributed by atoms with van der Waals surface area (Å²) >= 11 is 0. The van der Waals surface area contributed by atoms with E-state index in [4.69, 9.17) is 5.73 Å². The molecule has 0 spiro atoms. The monoisotopic (exact) mass is 455 g/mol. The number of guanidine groups is 1. The smallest absolute Gasteiger partial charge is 0.406 e. The lowest BCUT2D eigenvalue weighted by atomic mass is 9.65. The van der Waals surface area contributed by atoms with Crippen molar-refractivity contribution in [3.05, 3.63) is 24.3 Å². The highest BCUT2D eigenvalue weighted by molar-refractivity contribution is 14.0. The SMILES string of the molecule is I.NC(=NCC1(C2CC2)CCC1)Nc1ccc(OC(F)(F)F)cc1. The van der Waals surface area contributed by atoms with E-state index in [1.165, 1.54) is 56.4 Å². The second-order valence-corrected chi connectivity index (χ2v) is 6.39. The number of hydrogen-bond donors (Lipinski definition) is 2. The van der Waals surface area contributed by atoms with E-state index in [1.807, 2.05) is 0 Å². The van der Waals surface area contributed by atoms with Gasteiger partial charge in [0, 0.05) is 12.2 Å². The van der Waals surface area contributed by atoms with E-state index in [1.54, 1.807) is 0 Å². The van der Waals surface area contributed by atoms with Crippen LogP contribution >= 0.6 is 24.0 Å². The molecule has 2 aliphatic rings. The Morgan fingerprint density at radius 1 is 1.25 bits per heavy atom. The number of rotatable bonds is 5. The number of ether oxygens (including phenoxy) is 1. The quantitative estimate of drug-likeness (QED) is 0.390. The van der Waals surface area contributed by atoms with Gasteiger partial charge in [-0.3, -0.25) is 4.99 Å². The Bertz CT molecular complexity index is 581. The summed E-state index contributed by atoms with van der Waals surface area (Å²) in [5, 5.41) is 2.90. The van der Waals surface area contributed by atoms with Crippen LogP contribution in [0.1, 0.15) is 32.1 Å². The molecule has 0 aromatic heterocycles. The molecule has 0 aliphatic heterocycles. The summed E-state index contributed by atoms with van der Waals surface area (Å²) in [7, 11) is 0. The summed E-state index contributed by atoms with van der Waals surface area (Å²) in [5.74, 6) is 0.828. The highest BCUT2D eigenvalue weighted by atomic mass is 127. The van der Waals surface area contributed by atoms with E-state index in [0.29, 0.717) is 17.1 Å². The first-order chi connectivity index (χ1) is 10.9. The van der Waals surface area contributed by atoms with Crippen LogP contribution in [0.5, 0.6) is 5.75 Å². The number of anilines is 1. The lowest BCUT2D eigenvalue weighted by molar-refractivity contribution is -0.274. The number of nitrogens with two attached hydrogens (primary N) is 1. The minimum atomic E-state index is -4.69. The number of alkyl halides is 3. The first-order valence-corrected chi connectivity index (χ1v) is 7.79. The second-order valence-electron chi connectivity index (χ2n) is 6.39. The zero-order chi connectivity index (χ0) is 16.5. The minimum absolute atomic E-state index is 0. The Morgan fingerprint density at radius 2 is 1.88 bits per heavy atom. The number of hydrogen-bond acceptors (Lipinski definition) is 2. The normalized spacial score (nSPS) is 19.9. The van der Waals surface area contributed by atoms with Gasteiger partial charge in [0.15, 0.2) is 5.96 Å². The van der Waals surface area contributed by atoms with Crippen LogP contribution < -0.4 is 15.8 Å². The van der Waals surface area contributed by atoms with E-state index >= 15 is 0 Å². The topological polar surface area (TPSA) is 59.6 Å². The molecule has 4 nitrogen and oxygen atoms in total. The van der Waals surface area contributed by atoms with E-state index in [-0.39, 0.29) is 29.7 Å². The van der Waals surface area contributed by atoms with Crippen molar-refractivity contribution in [1.29, 1.82) is 0 Å². The molecule has 2 aliphatic carbocycles. The summed E-state index contributed by atoms with van der Waals surface area (Å²) in [6, 6.07) is 5.42. The summed E-state index contributed by atoms with van der Waals surface area (Å²) in [4.78, 5) is 4.43. The van der Waals surface area contributed by atoms with Crippen molar-refractivity contribution in [2.75, 3.05) is 11.9 Å². The molecule has 8 heteroatoms. The molecule has 24 heavy (non-hydrogen) atoms. The number of halogens is 4. The third-order valence-electron chi connectivity index (χ3n) is 4.72. The molecule has 3 N–H and O–H groups in total. The average molecular weight is 455 g/mol. The average Bonchev–Trinajstić information content (AvgIpc) is 3.23. The van der Waals surface area contributed by atoms with Crippen molar-refractivity contribution in [1.82, 2.24) is 0 Å². The molecule has 0 saturated heterocycles. The molecule has 0 bridgehead atoms. The first kappa shape index (κ1) is 19.1. The van der Waals surface area contributed by atoms with Gasteiger partial charge in [0.05, 0.1) is 0 Å². The predicted octanol–water partition coefficient (Wildman–Crippen LogP) is 4.51. The van der Waals surface area contributed by atoms with Crippen molar-refractivity contribution in [2.45, 2.75) is 38.5 Å². The number of nitrogens with one attached hydrogen (secondary N) is 1.